The Bertz CT molecular complexity index is 494. The van der Waals surface area contributed by atoms with E-state index in [0.717, 1.165) is 6.07 Å². The molecule has 112 valence electrons. The first-order chi connectivity index (χ1) is 9.20. The molecule has 1 rings (SSSR count). The number of nitro benzene ring substituents is 1. The fourth-order valence-corrected chi connectivity index (χ4v) is 1.85. The van der Waals surface area contributed by atoms with E-state index in [1.807, 2.05) is 0 Å². The van der Waals surface area contributed by atoms with Crippen molar-refractivity contribution in [1.29, 1.82) is 0 Å². The molecule has 9 heteroatoms. The number of unbranched alkanes of at least 4 members (excludes halogenated alkanes) is 1. The molecule has 0 bridgehead atoms. The highest BCUT2D eigenvalue weighted by molar-refractivity contribution is 9.10. The normalized spacial score (nSPS) is 11.4. The summed E-state index contributed by atoms with van der Waals surface area (Å²) in [7, 11) is 0. The van der Waals surface area contributed by atoms with Crippen molar-refractivity contribution in [2.75, 3.05) is 11.9 Å². The van der Waals surface area contributed by atoms with E-state index in [2.05, 4.69) is 21.2 Å². The summed E-state index contributed by atoms with van der Waals surface area (Å²) in [6.45, 7) is 0.134. The number of alkyl halides is 3. The third kappa shape index (κ3) is 5.32. The second kappa shape index (κ2) is 6.87. The van der Waals surface area contributed by atoms with E-state index in [1.165, 1.54) is 6.07 Å². The van der Waals surface area contributed by atoms with Gasteiger partial charge in [0.1, 0.15) is 11.5 Å². The van der Waals surface area contributed by atoms with Crippen LogP contribution in [-0.4, -0.2) is 17.6 Å². The number of rotatable bonds is 6. The van der Waals surface area contributed by atoms with E-state index < -0.39 is 29.0 Å². The van der Waals surface area contributed by atoms with Crippen LogP contribution in [0, 0.1) is 15.9 Å². The van der Waals surface area contributed by atoms with Gasteiger partial charge in [0, 0.05) is 13.0 Å². The molecule has 0 saturated carbocycles. The number of hydrogen-bond donors (Lipinski definition) is 1. The van der Waals surface area contributed by atoms with Gasteiger partial charge in [0.25, 0.3) is 5.69 Å². The Kier molecular flexibility index (Phi) is 5.73. The molecular weight excluding hydrogens is 348 g/mol. The maximum absolute atomic E-state index is 13.2. The molecule has 0 aliphatic rings. The molecule has 0 radical (unpaired) electrons. The molecule has 0 aromatic heterocycles. The van der Waals surface area contributed by atoms with Crippen LogP contribution in [0.25, 0.3) is 0 Å². The number of anilines is 1. The van der Waals surface area contributed by atoms with E-state index in [0.29, 0.717) is 0 Å². The summed E-state index contributed by atoms with van der Waals surface area (Å²) in [6.07, 6.45) is -4.98. The summed E-state index contributed by atoms with van der Waals surface area (Å²) in [5, 5.41) is 13.4. The van der Waals surface area contributed by atoms with Crippen molar-refractivity contribution in [2.24, 2.45) is 0 Å². The molecule has 1 N–H and O–H groups in total. The summed E-state index contributed by atoms with van der Waals surface area (Å²) in [6, 6.07) is 1.94. The van der Waals surface area contributed by atoms with Crippen LogP contribution in [0.4, 0.5) is 28.9 Å². The van der Waals surface area contributed by atoms with Crippen molar-refractivity contribution in [3.05, 3.63) is 32.5 Å². The second-order valence-electron chi connectivity index (χ2n) is 4.04. The molecule has 20 heavy (non-hydrogen) atoms. The minimum atomic E-state index is -4.20. The van der Waals surface area contributed by atoms with Crippen LogP contribution in [0.3, 0.4) is 0 Å². The zero-order chi connectivity index (χ0) is 15.3. The molecule has 0 aliphatic carbocycles. The summed E-state index contributed by atoms with van der Waals surface area (Å²) in [4.78, 5) is 9.98. The van der Waals surface area contributed by atoms with Crippen LogP contribution in [0.2, 0.25) is 0 Å². The number of nitrogens with one attached hydrogen (secondary N) is 1. The van der Waals surface area contributed by atoms with Crippen LogP contribution in [0.15, 0.2) is 16.6 Å². The Balaban J connectivity index is 2.59. The Labute approximate surface area is 120 Å². The molecule has 0 saturated heterocycles. The van der Waals surface area contributed by atoms with Gasteiger partial charge in [0.15, 0.2) is 0 Å². The molecule has 1 aromatic carbocycles. The minimum Gasteiger partial charge on any atom is -0.379 e. The molecule has 0 spiro atoms. The van der Waals surface area contributed by atoms with E-state index in [9.17, 15) is 27.7 Å². The molecule has 0 atom stereocenters. The van der Waals surface area contributed by atoms with Gasteiger partial charge in [-0.3, -0.25) is 10.1 Å². The zero-order valence-electron chi connectivity index (χ0n) is 10.1. The predicted octanol–water partition coefficient (Wildman–Crippen LogP) is 4.64. The highest BCUT2D eigenvalue weighted by Crippen LogP contribution is 2.30. The number of nitro groups is 1. The van der Waals surface area contributed by atoms with Gasteiger partial charge in [-0.25, -0.2) is 4.39 Å². The summed E-state index contributed by atoms with van der Waals surface area (Å²) in [5.74, 6) is -0.778. The van der Waals surface area contributed by atoms with Crippen LogP contribution < -0.4 is 5.32 Å². The summed E-state index contributed by atoms with van der Waals surface area (Å²) < 4.78 is 49.0. The first kappa shape index (κ1) is 16.7. The average molecular weight is 359 g/mol. The highest BCUT2D eigenvalue weighted by atomic mass is 79.9. The third-order valence-electron chi connectivity index (χ3n) is 2.44. The average Bonchev–Trinajstić information content (AvgIpc) is 2.31. The molecule has 4 nitrogen and oxygen atoms in total. The number of hydrogen-bond acceptors (Lipinski definition) is 3. The van der Waals surface area contributed by atoms with Gasteiger partial charge in [-0.15, -0.1) is 0 Å². The number of benzene rings is 1. The molecule has 0 unspecified atom stereocenters. The lowest BCUT2D eigenvalue weighted by atomic mass is 10.2. The lowest BCUT2D eigenvalue weighted by molar-refractivity contribution is -0.384. The highest BCUT2D eigenvalue weighted by Gasteiger charge is 2.25. The van der Waals surface area contributed by atoms with Gasteiger partial charge in [-0.1, -0.05) is 0 Å². The standard InChI is InChI=1S/C11H11BrF4N2O2/c12-7-5-9(10(18(19)20)6-8(7)13)17-4-2-1-3-11(14,15)16/h5-6,17H,1-4H2. The quantitative estimate of drug-likeness (QED) is 0.348. The molecule has 0 heterocycles. The first-order valence-electron chi connectivity index (χ1n) is 5.65. The molecular formula is C11H11BrF4N2O2. The van der Waals surface area contributed by atoms with Gasteiger partial charge in [-0.05, 0) is 34.8 Å². The van der Waals surface area contributed by atoms with Crippen molar-refractivity contribution in [2.45, 2.75) is 25.4 Å². The van der Waals surface area contributed by atoms with Gasteiger partial charge in [0.2, 0.25) is 0 Å². The van der Waals surface area contributed by atoms with Crippen molar-refractivity contribution < 1.29 is 22.5 Å². The van der Waals surface area contributed by atoms with Crippen LogP contribution in [0.1, 0.15) is 19.3 Å². The van der Waals surface area contributed by atoms with E-state index >= 15 is 0 Å². The number of nitrogens with zero attached hydrogens (tertiary/aromatic N) is 1. The summed E-state index contributed by atoms with van der Waals surface area (Å²) >= 11 is 2.89. The molecule has 0 aliphatic heterocycles. The van der Waals surface area contributed by atoms with Gasteiger partial charge in [-0.2, -0.15) is 13.2 Å². The largest absolute Gasteiger partial charge is 0.389 e. The van der Waals surface area contributed by atoms with E-state index in [-0.39, 0.29) is 29.5 Å². The second-order valence-corrected chi connectivity index (χ2v) is 4.89. The Hall–Kier alpha value is -1.38. The van der Waals surface area contributed by atoms with Crippen molar-refractivity contribution in [3.63, 3.8) is 0 Å². The van der Waals surface area contributed by atoms with E-state index in [1.54, 1.807) is 0 Å². The Morgan fingerprint density at radius 3 is 2.50 bits per heavy atom. The smallest absolute Gasteiger partial charge is 0.379 e. The van der Waals surface area contributed by atoms with Crippen molar-refractivity contribution in [3.8, 4) is 0 Å². The third-order valence-corrected chi connectivity index (χ3v) is 3.05. The topological polar surface area (TPSA) is 55.2 Å². The van der Waals surface area contributed by atoms with Crippen LogP contribution in [0.5, 0.6) is 0 Å². The van der Waals surface area contributed by atoms with Crippen molar-refractivity contribution in [1.82, 2.24) is 0 Å². The summed E-state index contributed by atoms with van der Waals surface area (Å²) in [5.41, 5.74) is -0.392. The fourth-order valence-electron chi connectivity index (χ4n) is 1.50. The number of halogens is 5. The maximum atomic E-state index is 13.2. The monoisotopic (exact) mass is 358 g/mol. The zero-order valence-corrected chi connectivity index (χ0v) is 11.7. The fraction of sp³-hybridized carbons (Fsp3) is 0.455. The first-order valence-corrected chi connectivity index (χ1v) is 6.44. The lowest BCUT2D eigenvalue weighted by Gasteiger charge is -2.09. The van der Waals surface area contributed by atoms with Gasteiger partial charge >= 0.3 is 6.18 Å². The Morgan fingerprint density at radius 1 is 1.30 bits per heavy atom. The SMILES string of the molecule is O=[N+]([O-])c1cc(F)c(Br)cc1NCCCCC(F)(F)F. The molecule has 0 fully saturated rings. The van der Waals surface area contributed by atoms with Crippen LogP contribution in [-0.2, 0) is 0 Å². The predicted molar refractivity (Wildman–Crippen MR) is 69.2 cm³/mol. The Morgan fingerprint density at radius 2 is 1.95 bits per heavy atom. The van der Waals surface area contributed by atoms with Crippen molar-refractivity contribution >= 4 is 27.3 Å². The molecule has 1 aromatic rings. The van der Waals surface area contributed by atoms with Gasteiger partial charge < -0.3 is 5.32 Å². The van der Waals surface area contributed by atoms with E-state index in [4.69, 9.17) is 0 Å². The van der Waals surface area contributed by atoms with Crippen LogP contribution >= 0.6 is 15.9 Å². The minimum absolute atomic E-state index is 0.0425. The lowest BCUT2D eigenvalue weighted by Crippen LogP contribution is -2.09. The maximum Gasteiger partial charge on any atom is 0.389 e. The molecule has 0 amide bonds. The van der Waals surface area contributed by atoms with Gasteiger partial charge in [0.05, 0.1) is 15.5 Å².